The maximum absolute atomic E-state index is 11.9. The monoisotopic (exact) mass is 341 g/mol. The molecule has 0 saturated heterocycles. The van der Waals surface area contributed by atoms with Gasteiger partial charge in [-0.25, -0.2) is 4.79 Å². The summed E-state index contributed by atoms with van der Waals surface area (Å²) in [6.45, 7) is 4.82. The van der Waals surface area contributed by atoms with Crippen molar-refractivity contribution in [2.45, 2.75) is 26.7 Å². The summed E-state index contributed by atoms with van der Waals surface area (Å²) in [5.41, 5.74) is 3.18. The molecule has 0 saturated carbocycles. The number of hydrogen-bond donors (Lipinski definition) is 2. The van der Waals surface area contributed by atoms with Gasteiger partial charge in [0.25, 0.3) is 0 Å². The number of carboxylic acids is 1. The molecule has 0 radical (unpaired) electrons. The quantitative estimate of drug-likeness (QED) is 0.723. The molecule has 5 heteroatoms. The zero-order chi connectivity index (χ0) is 18.2. The number of benzene rings is 2. The van der Waals surface area contributed by atoms with Gasteiger partial charge in [-0.3, -0.25) is 4.79 Å². The summed E-state index contributed by atoms with van der Waals surface area (Å²) in [7, 11) is 0. The summed E-state index contributed by atoms with van der Waals surface area (Å²) >= 11 is 0. The van der Waals surface area contributed by atoms with Crippen LogP contribution in [0, 0.1) is 13.8 Å². The molecule has 2 N–H and O–H groups in total. The highest BCUT2D eigenvalue weighted by molar-refractivity contribution is 5.89. The molecule has 5 nitrogen and oxygen atoms in total. The second-order valence-electron chi connectivity index (χ2n) is 5.98. The molecule has 2 aromatic carbocycles. The minimum atomic E-state index is -0.974. The molecule has 0 atom stereocenters. The van der Waals surface area contributed by atoms with E-state index in [1.165, 1.54) is 0 Å². The molecule has 0 aromatic heterocycles. The van der Waals surface area contributed by atoms with E-state index in [-0.39, 0.29) is 17.9 Å². The van der Waals surface area contributed by atoms with Crippen molar-refractivity contribution in [2.24, 2.45) is 0 Å². The number of aromatic carboxylic acids is 1. The van der Waals surface area contributed by atoms with Crippen LogP contribution >= 0.6 is 0 Å². The average molecular weight is 341 g/mol. The van der Waals surface area contributed by atoms with E-state index in [2.05, 4.69) is 11.4 Å². The summed E-state index contributed by atoms with van der Waals surface area (Å²) < 4.78 is 5.64. The van der Waals surface area contributed by atoms with E-state index in [4.69, 9.17) is 9.84 Å². The molecule has 25 heavy (non-hydrogen) atoms. The Morgan fingerprint density at radius 3 is 2.44 bits per heavy atom. The van der Waals surface area contributed by atoms with Gasteiger partial charge in [0.1, 0.15) is 12.4 Å². The molecule has 0 aliphatic rings. The molecular weight excluding hydrogens is 318 g/mol. The van der Waals surface area contributed by atoms with Crippen LogP contribution in [0.3, 0.4) is 0 Å². The summed E-state index contributed by atoms with van der Waals surface area (Å²) in [6.07, 6.45) is 0.639. The van der Waals surface area contributed by atoms with Crippen LogP contribution in [0.5, 0.6) is 5.75 Å². The van der Waals surface area contributed by atoms with Crippen LogP contribution in [0.15, 0.2) is 42.5 Å². The lowest BCUT2D eigenvalue weighted by molar-refractivity contribution is -0.121. The number of amides is 1. The molecule has 0 aliphatic carbocycles. The molecule has 2 aromatic rings. The van der Waals surface area contributed by atoms with Crippen molar-refractivity contribution >= 4 is 11.9 Å². The van der Waals surface area contributed by atoms with E-state index < -0.39 is 5.97 Å². The van der Waals surface area contributed by atoms with Crippen LogP contribution in [-0.4, -0.2) is 30.1 Å². The van der Waals surface area contributed by atoms with Crippen LogP contribution in [0.2, 0.25) is 0 Å². The molecule has 132 valence electrons. The SMILES string of the molecule is Cc1cc(C)cc(OCCNC(=O)CCc2ccccc2C(=O)O)c1. The van der Waals surface area contributed by atoms with Gasteiger partial charge >= 0.3 is 5.97 Å². The van der Waals surface area contributed by atoms with Gasteiger partial charge in [0.2, 0.25) is 5.91 Å². The lowest BCUT2D eigenvalue weighted by atomic mass is 10.0. The number of carbonyl (C=O) groups excluding carboxylic acids is 1. The second kappa shape index (κ2) is 8.87. The molecule has 0 fully saturated rings. The standard InChI is InChI=1S/C20H23NO4/c1-14-11-15(2)13-17(12-14)25-10-9-21-19(22)8-7-16-5-3-4-6-18(16)20(23)24/h3-6,11-13H,7-10H2,1-2H3,(H,21,22)(H,23,24). The van der Waals surface area contributed by atoms with Crippen molar-refractivity contribution in [1.29, 1.82) is 0 Å². The van der Waals surface area contributed by atoms with Gasteiger partial charge in [0.05, 0.1) is 12.1 Å². The highest BCUT2D eigenvalue weighted by Gasteiger charge is 2.10. The third-order valence-electron chi connectivity index (χ3n) is 3.76. The van der Waals surface area contributed by atoms with Crippen molar-refractivity contribution in [3.05, 3.63) is 64.7 Å². The van der Waals surface area contributed by atoms with E-state index in [1.807, 2.05) is 26.0 Å². The third-order valence-corrected chi connectivity index (χ3v) is 3.76. The predicted molar refractivity (Wildman–Crippen MR) is 96.1 cm³/mol. The van der Waals surface area contributed by atoms with Crippen LogP contribution in [0.4, 0.5) is 0 Å². The second-order valence-corrected chi connectivity index (χ2v) is 5.98. The van der Waals surface area contributed by atoms with Crippen molar-refractivity contribution in [2.75, 3.05) is 13.2 Å². The Kier molecular flexibility index (Phi) is 6.57. The van der Waals surface area contributed by atoms with E-state index in [1.54, 1.807) is 24.3 Å². The first-order valence-corrected chi connectivity index (χ1v) is 8.24. The van der Waals surface area contributed by atoms with E-state index in [0.29, 0.717) is 25.1 Å². The van der Waals surface area contributed by atoms with Crippen LogP contribution in [0.25, 0.3) is 0 Å². The smallest absolute Gasteiger partial charge is 0.335 e. The zero-order valence-electron chi connectivity index (χ0n) is 14.5. The molecular formula is C20H23NO4. The first kappa shape index (κ1) is 18.5. The van der Waals surface area contributed by atoms with E-state index >= 15 is 0 Å². The normalized spacial score (nSPS) is 10.3. The third kappa shape index (κ3) is 5.95. The van der Waals surface area contributed by atoms with Gasteiger partial charge in [0.15, 0.2) is 0 Å². The Morgan fingerprint density at radius 1 is 1.08 bits per heavy atom. The van der Waals surface area contributed by atoms with Gasteiger partial charge < -0.3 is 15.2 Å². The lowest BCUT2D eigenvalue weighted by Crippen LogP contribution is -2.28. The molecule has 0 spiro atoms. The Morgan fingerprint density at radius 2 is 1.76 bits per heavy atom. The van der Waals surface area contributed by atoms with Gasteiger partial charge in [-0.1, -0.05) is 24.3 Å². The van der Waals surface area contributed by atoms with Crippen LogP contribution in [-0.2, 0) is 11.2 Å². The van der Waals surface area contributed by atoms with Crippen molar-refractivity contribution < 1.29 is 19.4 Å². The molecule has 0 heterocycles. The first-order valence-electron chi connectivity index (χ1n) is 8.24. The molecule has 0 bridgehead atoms. The van der Waals surface area contributed by atoms with Gasteiger partial charge in [-0.05, 0) is 55.2 Å². The van der Waals surface area contributed by atoms with E-state index in [0.717, 1.165) is 16.9 Å². The minimum absolute atomic E-state index is 0.121. The fourth-order valence-corrected chi connectivity index (χ4v) is 2.66. The Balaban J connectivity index is 1.73. The Bertz CT molecular complexity index is 735. The van der Waals surface area contributed by atoms with Gasteiger partial charge in [-0.2, -0.15) is 0 Å². The summed E-state index contributed by atoms with van der Waals surface area (Å²) in [4.78, 5) is 23.0. The number of hydrogen-bond acceptors (Lipinski definition) is 3. The molecule has 0 aliphatic heterocycles. The highest BCUT2D eigenvalue weighted by atomic mass is 16.5. The minimum Gasteiger partial charge on any atom is -0.492 e. The van der Waals surface area contributed by atoms with Gasteiger partial charge in [-0.15, -0.1) is 0 Å². The Hall–Kier alpha value is -2.82. The number of nitrogens with one attached hydrogen (secondary N) is 1. The summed E-state index contributed by atoms with van der Waals surface area (Å²) in [6, 6.07) is 12.7. The fourth-order valence-electron chi connectivity index (χ4n) is 2.66. The maximum Gasteiger partial charge on any atom is 0.335 e. The Labute approximate surface area is 147 Å². The van der Waals surface area contributed by atoms with Crippen molar-refractivity contribution in [1.82, 2.24) is 5.32 Å². The maximum atomic E-state index is 11.9. The number of ether oxygens (including phenoxy) is 1. The number of carbonyl (C=O) groups is 2. The first-order chi connectivity index (χ1) is 12.0. The van der Waals surface area contributed by atoms with Crippen LogP contribution < -0.4 is 10.1 Å². The number of carboxylic acid groups (broad SMARTS) is 1. The average Bonchev–Trinajstić information content (AvgIpc) is 2.56. The van der Waals surface area contributed by atoms with Crippen LogP contribution in [0.1, 0.15) is 33.5 Å². The topological polar surface area (TPSA) is 75.6 Å². The number of rotatable bonds is 8. The molecule has 2 rings (SSSR count). The van der Waals surface area contributed by atoms with Crippen molar-refractivity contribution in [3.63, 3.8) is 0 Å². The number of aryl methyl sites for hydroxylation is 3. The van der Waals surface area contributed by atoms with E-state index in [9.17, 15) is 9.59 Å². The molecule has 1 amide bonds. The predicted octanol–water partition coefficient (Wildman–Crippen LogP) is 3.13. The largest absolute Gasteiger partial charge is 0.492 e. The summed E-state index contributed by atoms with van der Waals surface area (Å²) in [5.74, 6) is -0.302. The van der Waals surface area contributed by atoms with Gasteiger partial charge in [0, 0.05) is 6.42 Å². The fraction of sp³-hybridized carbons (Fsp3) is 0.300. The highest BCUT2D eigenvalue weighted by Crippen LogP contribution is 2.16. The molecule has 0 unspecified atom stereocenters. The summed E-state index contributed by atoms with van der Waals surface area (Å²) in [5, 5.41) is 11.9. The zero-order valence-corrected chi connectivity index (χ0v) is 14.5. The van der Waals surface area contributed by atoms with Crippen molar-refractivity contribution in [3.8, 4) is 5.75 Å². The lowest BCUT2D eigenvalue weighted by Gasteiger charge is -2.10.